The largest absolute Gasteiger partial charge is 0.508 e. The molecule has 1 aromatic rings. The van der Waals surface area contributed by atoms with Crippen molar-refractivity contribution >= 4 is 5.78 Å². The van der Waals surface area contributed by atoms with Gasteiger partial charge < -0.3 is 10.2 Å². The van der Waals surface area contributed by atoms with E-state index in [0.717, 1.165) is 24.8 Å². The van der Waals surface area contributed by atoms with E-state index in [1.807, 2.05) is 12.1 Å². The van der Waals surface area contributed by atoms with Crippen molar-refractivity contribution < 1.29 is 15.0 Å². The van der Waals surface area contributed by atoms with Gasteiger partial charge in [-0.15, -0.1) is 0 Å². The monoisotopic (exact) mass is 372 g/mol. The Hall–Kier alpha value is -1.51. The lowest BCUT2D eigenvalue weighted by atomic mass is 9.44. The molecule has 3 aliphatic carbocycles. The topological polar surface area (TPSA) is 57.5 Å². The van der Waals surface area contributed by atoms with Crippen molar-refractivity contribution in [1.29, 1.82) is 0 Å². The normalized spacial score (nSPS) is 26.7. The van der Waals surface area contributed by atoms with Crippen LogP contribution in [-0.4, -0.2) is 16.0 Å². The van der Waals surface area contributed by atoms with Gasteiger partial charge in [-0.05, 0) is 47.3 Å². The summed E-state index contributed by atoms with van der Waals surface area (Å²) >= 11 is 0. The Bertz CT molecular complexity index is 693. The lowest BCUT2D eigenvalue weighted by Crippen LogP contribution is -2.56. The molecule has 1 aromatic carbocycles. The number of unbranched alkanes of at least 4 members (excludes halogenated alkanes) is 3. The molecule has 3 unspecified atom stereocenters. The van der Waals surface area contributed by atoms with Crippen molar-refractivity contribution in [1.82, 2.24) is 0 Å². The molecule has 4 rings (SSSR count). The highest BCUT2D eigenvalue weighted by molar-refractivity contribution is 5.86. The first-order valence-corrected chi connectivity index (χ1v) is 10.7. The number of hydrogen-bond donors (Lipinski definition) is 2. The van der Waals surface area contributed by atoms with Gasteiger partial charge in [0.2, 0.25) is 0 Å². The molecule has 0 aromatic heterocycles. The Morgan fingerprint density at radius 2 is 1.74 bits per heavy atom. The third kappa shape index (κ3) is 3.50. The van der Waals surface area contributed by atoms with Crippen LogP contribution in [0.5, 0.6) is 11.5 Å². The molecule has 3 fully saturated rings. The second-order valence-electron chi connectivity index (χ2n) is 10.1. The van der Waals surface area contributed by atoms with Crippen molar-refractivity contribution in [3.05, 3.63) is 23.3 Å². The number of hydrogen-bond acceptors (Lipinski definition) is 3. The van der Waals surface area contributed by atoms with Gasteiger partial charge >= 0.3 is 0 Å². The van der Waals surface area contributed by atoms with Crippen molar-refractivity contribution in [2.75, 3.05) is 0 Å². The number of fused-ring (bicyclic) bond motifs is 2. The van der Waals surface area contributed by atoms with Gasteiger partial charge in [-0.25, -0.2) is 0 Å². The van der Waals surface area contributed by atoms with Gasteiger partial charge in [0.1, 0.15) is 17.3 Å². The van der Waals surface area contributed by atoms with E-state index in [9.17, 15) is 15.0 Å². The number of benzene rings is 1. The summed E-state index contributed by atoms with van der Waals surface area (Å²) in [5.74, 6) is 1.04. The molecule has 0 saturated heterocycles. The number of carbonyl (C=O) groups is 1. The van der Waals surface area contributed by atoms with Crippen molar-refractivity contribution in [2.45, 2.75) is 90.9 Å². The maximum atomic E-state index is 12.5. The van der Waals surface area contributed by atoms with Gasteiger partial charge in [0, 0.05) is 23.8 Å². The van der Waals surface area contributed by atoms with Crippen LogP contribution in [0.2, 0.25) is 0 Å². The Morgan fingerprint density at radius 3 is 2.26 bits per heavy atom. The number of phenols is 2. The van der Waals surface area contributed by atoms with Gasteiger partial charge in [0.25, 0.3) is 0 Å². The molecule has 2 N–H and O–H groups in total. The lowest BCUT2D eigenvalue weighted by Gasteiger charge is -2.59. The number of phenolic OH excluding ortho intramolecular Hbond substituents is 2. The molecule has 3 heteroatoms. The Morgan fingerprint density at radius 1 is 1.11 bits per heavy atom. The first-order valence-electron chi connectivity index (χ1n) is 10.7. The number of aromatic hydroxyl groups is 2. The molecular weight excluding hydrogens is 336 g/mol. The van der Waals surface area contributed by atoms with E-state index < -0.39 is 0 Å². The van der Waals surface area contributed by atoms with Crippen LogP contribution in [0.1, 0.15) is 96.6 Å². The third-order valence-corrected chi connectivity index (χ3v) is 7.58. The molecule has 0 spiro atoms. The average Bonchev–Trinajstić information content (AvgIpc) is 2.57. The molecular formula is C24H36O3. The van der Waals surface area contributed by atoms with Crippen LogP contribution in [0.15, 0.2) is 12.1 Å². The summed E-state index contributed by atoms with van der Waals surface area (Å²) in [6.07, 6.45) is 7.20. The molecule has 0 amide bonds. The zero-order valence-electron chi connectivity index (χ0n) is 17.6. The fraction of sp³-hybridized carbons (Fsp3) is 0.708. The van der Waals surface area contributed by atoms with Crippen molar-refractivity contribution in [3.8, 4) is 11.5 Å². The zero-order chi connectivity index (χ0) is 20.0. The van der Waals surface area contributed by atoms with Crippen LogP contribution in [-0.2, 0) is 10.2 Å². The Labute approximate surface area is 164 Å². The summed E-state index contributed by atoms with van der Waals surface area (Å²) in [7, 11) is 0. The molecule has 0 aliphatic heterocycles. The predicted octanol–water partition coefficient (Wildman–Crippen LogP) is 6.06. The molecule has 3 aliphatic rings. The molecule has 2 bridgehead atoms. The first-order chi connectivity index (χ1) is 12.6. The third-order valence-electron chi connectivity index (χ3n) is 7.58. The van der Waals surface area contributed by atoms with E-state index in [1.165, 1.54) is 19.3 Å². The van der Waals surface area contributed by atoms with Gasteiger partial charge in [0.05, 0.1) is 0 Å². The fourth-order valence-electron chi connectivity index (χ4n) is 5.52. The van der Waals surface area contributed by atoms with E-state index in [2.05, 4.69) is 34.6 Å². The number of rotatable bonds is 7. The summed E-state index contributed by atoms with van der Waals surface area (Å²) in [4.78, 5) is 12.5. The molecule has 150 valence electrons. The number of ketones is 1. The Kier molecular flexibility index (Phi) is 5.35. The number of carbonyl (C=O) groups excluding carboxylic acids is 1. The molecule has 27 heavy (non-hydrogen) atoms. The van der Waals surface area contributed by atoms with E-state index in [1.54, 1.807) is 0 Å². The van der Waals surface area contributed by atoms with Crippen LogP contribution in [0.4, 0.5) is 0 Å². The highest BCUT2D eigenvalue weighted by Crippen LogP contribution is 2.64. The molecule has 3 nitrogen and oxygen atoms in total. The summed E-state index contributed by atoms with van der Waals surface area (Å²) < 4.78 is 0. The number of Topliss-reactive ketones (excluding diaryl/α,β-unsaturated/α-hetero) is 1. The van der Waals surface area contributed by atoms with E-state index in [4.69, 9.17) is 0 Å². The van der Waals surface area contributed by atoms with E-state index in [-0.39, 0.29) is 39.9 Å². The maximum Gasteiger partial charge on any atom is 0.137 e. The first kappa shape index (κ1) is 20.2. The summed E-state index contributed by atoms with van der Waals surface area (Å²) in [5, 5.41) is 21.6. The second kappa shape index (κ2) is 7.14. The summed E-state index contributed by atoms with van der Waals surface area (Å²) in [6, 6.07) is 3.66. The second-order valence-corrected chi connectivity index (χ2v) is 10.1. The highest BCUT2D eigenvalue weighted by atomic mass is 16.3. The fourth-order valence-corrected chi connectivity index (χ4v) is 5.52. The van der Waals surface area contributed by atoms with Crippen LogP contribution in [0, 0.1) is 17.3 Å². The molecule has 3 saturated carbocycles. The van der Waals surface area contributed by atoms with E-state index in [0.29, 0.717) is 17.9 Å². The van der Waals surface area contributed by atoms with Gasteiger partial charge in [-0.3, -0.25) is 4.79 Å². The van der Waals surface area contributed by atoms with Crippen LogP contribution in [0.3, 0.4) is 0 Å². The average molecular weight is 373 g/mol. The predicted molar refractivity (Wildman–Crippen MR) is 109 cm³/mol. The maximum absolute atomic E-state index is 12.5. The SMILES string of the molecule is CCCCCCC(C)(C)c1cc(O)c(C2CC(=O)C3CC2C3(C)C)c(O)c1. The quantitative estimate of drug-likeness (QED) is 0.572. The van der Waals surface area contributed by atoms with E-state index >= 15 is 0 Å². The van der Waals surface area contributed by atoms with Crippen molar-refractivity contribution in [2.24, 2.45) is 17.3 Å². The minimum Gasteiger partial charge on any atom is -0.508 e. The molecule has 0 heterocycles. The molecule has 3 atom stereocenters. The van der Waals surface area contributed by atoms with Gasteiger partial charge in [0.15, 0.2) is 0 Å². The van der Waals surface area contributed by atoms with Crippen LogP contribution in [0.25, 0.3) is 0 Å². The zero-order valence-corrected chi connectivity index (χ0v) is 17.6. The standard InChI is InChI=1S/C24H36O3/c1-6-7-8-9-10-23(2,3)15-11-20(26)22(21(27)12-15)16-13-19(25)18-14-17(16)24(18,4)5/h11-12,16-18,26-27H,6-10,13-14H2,1-5H3. The lowest BCUT2D eigenvalue weighted by molar-refractivity contribution is -0.151. The summed E-state index contributed by atoms with van der Waals surface area (Å²) in [6.45, 7) is 10.9. The van der Waals surface area contributed by atoms with Crippen LogP contribution >= 0.6 is 0 Å². The van der Waals surface area contributed by atoms with Gasteiger partial charge in [-0.2, -0.15) is 0 Å². The molecule has 0 radical (unpaired) electrons. The van der Waals surface area contributed by atoms with Crippen LogP contribution < -0.4 is 0 Å². The Balaban J connectivity index is 1.84. The minimum absolute atomic E-state index is 0.0316. The minimum atomic E-state index is -0.0928. The smallest absolute Gasteiger partial charge is 0.137 e. The summed E-state index contributed by atoms with van der Waals surface area (Å²) in [5.41, 5.74) is 1.44. The highest BCUT2D eigenvalue weighted by Gasteiger charge is 2.59. The van der Waals surface area contributed by atoms with Gasteiger partial charge in [-0.1, -0.05) is 60.3 Å². The van der Waals surface area contributed by atoms with Crippen molar-refractivity contribution in [3.63, 3.8) is 0 Å².